The van der Waals surface area contributed by atoms with E-state index < -0.39 is 0 Å². The fraction of sp³-hybridized carbons (Fsp3) is 1.00. The van der Waals surface area contributed by atoms with E-state index in [0.717, 1.165) is 26.1 Å². The highest BCUT2D eigenvalue weighted by Crippen LogP contribution is 2.22. The first kappa shape index (κ1) is 10.4. The van der Waals surface area contributed by atoms with Gasteiger partial charge in [0, 0.05) is 31.3 Å². The average molecular weight is 198 g/mol. The zero-order chi connectivity index (χ0) is 10.0. The van der Waals surface area contributed by atoms with E-state index in [-0.39, 0.29) is 0 Å². The van der Waals surface area contributed by atoms with Gasteiger partial charge in [0.25, 0.3) is 0 Å². The van der Waals surface area contributed by atoms with Gasteiger partial charge in [0.2, 0.25) is 0 Å². The van der Waals surface area contributed by atoms with Crippen LogP contribution in [0, 0.1) is 0 Å². The Morgan fingerprint density at radius 2 is 2.07 bits per heavy atom. The Morgan fingerprint density at radius 1 is 1.36 bits per heavy atom. The number of nitrogens with one attached hydrogen (secondary N) is 1. The van der Waals surface area contributed by atoms with Crippen LogP contribution in [0.25, 0.3) is 0 Å². The van der Waals surface area contributed by atoms with Crippen LogP contribution < -0.4 is 5.32 Å². The monoisotopic (exact) mass is 198 g/mol. The molecule has 1 N–H and O–H groups in total. The summed E-state index contributed by atoms with van der Waals surface area (Å²) in [6, 6.07) is 0.697. The minimum absolute atomic E-state index is 0.327. The van der Waals surface area contributed by atoms with E-state index in [1.165, 1.54) is 19.5 Å². The molecule has 0 aromatic heterocycles. The van der Waals surface area contributed by atoms with Crippen molar-refractivity contribution in [3.05, 3.63) is 0 Å². The van der Waals surface area contributed by atoms with Crippen molar-refractivity contribution in [3.8, 4) is 0 Å². The third-order valence-electron chi connectivity index (χ3n) is 3.54. The van der Waals surface area contributed by atoms with E-state index in [1.807, 2.05) is 0 Å². The van der Waals surface area contributed by atoms with Gasteiger partial charge in [0.15, 0.2) is 0 Å². The molecule has 2 heterocycles. The summed E-state index contributed by atoms with van der Waals surface area (Å²) in [6.45, 7) is 6.63. The first-order chi connectivity index (χ1) is 6.68. The van der Waals surface area contributed by atoms with Crippen LogP contribution in [0.1, 0.15) is 26.2 Å². The van der Waals surface area contributed by atoms with Gasteiger partial charge in [-0.15, -0.1) is 0 Å². The molecule has 0 aliphatic carbocycles. The molecule has 82 valence electrons. The number of rotatable bonds is 2. The van der Waals surface area contributed by atoms with Crippen molar-refractivity contribution in [1.29, 1.82) is 0 Å². The van der Waals surface area contributed by atoms with Crippen LogP contribution in [0.3, 0.4) is 0 Å². The van der Waals surface area contributed by atoms with Crippen LogP contribution >= 0.6 is 0 Å². The molecular weight excluding hydrogens is 176 g/mol. The minimum atomic E-state index is 0.327. The lowest BCUT2D eigenvalue weighted by Gasteiger charge is -2.37. The van der Waals surface area contributed by atoms with Gasteiger partial charge in [-0.25, -0.2) is 0 Å². The maximum absolute atomic E-state index is 5.40. The van der Waals surface area contributed by atoms with Gasteiger partial charge < -0.3 is 15.0 Å². The van der Waals surface area contributed by atoms with Crippen LogP contribution in [-0.2, 0) is 4.74 Å². The summed E-state index contributed by atoms with van der Waals surface area (Å²) in [4.78, 5) is 2.40. The quantitative estimate of drug-likeness (QED) is 0.712. The number of hydrogen-bond donors (Lipinski definition) is 1. The SMILES string of the molecule is CN1CC[C@@H](NC2(C)CCOCC2)C1. The summed E-state index contributed by atoms with van der Waals surface area (Å²) in [6.07, 6.45) is 3.62. The normalized spacial score (nSPS) is 33.4. The van der Waals surface area contributed by atoms with Gasteiger partial charge in [0.1, 0.15) is 0 Å². The molecule has 2 saturated heterocycles. The van der Waals surface area contributed by atoms with Crippen LogP contribution in [0.15, 0.2) is 0 Å². The predicted octanol–water partition coefficient (Wildman–Crippen LogP) is 0.849. The molecule has 3 nitrogen and oxygen atoms in total. The van der Waals surface area contributed by atoms with Crippen molar-refractivity contribution in [2.45, 2.75) is 37.8 Å². The van der Waals surface area contributed by atoms with E-state index >= 15 is 0 Å². The predicted molar refractivity (Wildman–Crippen MR) is 57.5 cm³/mol. The standard InChI is InChI=1S/C11H22N2O/c1-11(4-7-14-8-5-11)12-10-3-6-13(2)9-10/h10,12H,3-9H2,1-2H3/t10-/m1/s1. The largest absolute Gasteiger partial charge is 0.381 e. The molecule has 0 aromatic carbocycles. The average Bonchev–Trinajstić information content (AvgIpc) is 2.51. The van der Waals surface area contributed by atoms with Crippen LogP contribution in [0.4, 0.5) is 0 Å². The Hall–Kier alpha value is -0.120. The molecule has 2 fully saturated rings. The van der Waals surface area contributed by atoms with E-state index in [0.29, 0.717) is 11.6 Å². The summed E-state index contributed by atoms with van der Waals surface area (Å²) in [5.74, 6) is 0. The van der Waals surface area contributed by atoms with Crippen molar-refractivity contribution in [2.75, 3.05) is 33.4 Å². The number of likely N-dealkylation sites (N-methyl/N-ethyl adjacent to an activating group) is 1. The van der Waals surface area contributed by atoms with Crippen molar-refractivity contribution < 1.29 is 4.74 Å². The van der Waals surface area contributed by atoms with E-state index in [1.54, 1.807) is 0 Å². The van der Waals surface area contributed by atoms with Gasteiger partial charge >= 0.3 is 0 Å². The molecule has 2 aliphatic heterocycles. The smallest absolute Gasteiger partial charge is 0.0483 e. The Morgan fingerprint density at radius 3 is 2.64 bits per heavy atom. The van der Waals surface area contributed by atoms with Crippen molar-refractivity contribution in [2.24, 2.45) is 0 Å². The second kappa shape index (κ2) is 4.17. The lowest BCUT2D eigenvalue weighted by Crippen LogP contribution is -2.52. The third kappa shape index (κ3) is 2.47. The fourth-order valence-corrected chi connectivity index (χ4v) is 2.51. The first-order valence-electron chi connectivity index (χ1n) is 5.72. The molecule has 0 amide bonds. The summed E-state index contributed by atoms with van der Waals surface area (Å²) >= 11 is 0. The maximum Gasteiger partial charge on any atom is 0.0483 e. The van der Waals surface area contributed by atoms with Crippen LogP contribution in [0.2, 0.25) is 0 Å². The molecule has 3 heteroatoms. The van der Waals surface area contributed by atoms with E-state index in [4.69, 9.17) is 4.74 Å². The lowest BCUT2D eigenvalue weighted by atomic mass is 9.91. The third-order valence-corrected chi connectivity index (χ3v) is 3.54. The molecule has 2 rings (SSSR count). The molecule has 2 aliphatic rings. The minimum Gasteiger partial charge on any atom is -0.381 e. The molecule has 0 radical (unpaired) electrons. The van der Waals surface area contributed by atoms with E-state index in [2.05, 4.69) is 24.2 Å². The van der Waals surface area contributed by atoms with Crippen LogP contribution in [-0.4, -0.2) is 49.8 Å². The van der Waals surface area contributed by atoms with Gasteiger partial charge in [-0.3, -0.25) is 0 Å². The Balaban J connectivity index is 1.83. The number of likely N-dealkylation sites (tertiary alicyclic amines) is 1. The summed E-state index contributed by atoms with van der Waals surface area (Å²) in [7, 11) is 2.20. The Labute approximate surface area is 86.8 Å². The number of ether oxygens (including phenoxy) is 1. The first-order valence-corrected chi connectivity index (χ1v) is 5.72. The van der Waals surface area contributed by atoms with Crippen molar-refractivity contribution in [1.82, 2.24) is 10.2 Å². The lowest BCUT2D eigenvalue weighted by molar-refractivity contribution is 0.0410. The molecular formula is C11H22N2O. The van der Waals surface area contributed by atoms with Gasteiger partial charge in [-0.2, -0.15) is 0 Å². The second-order valence-corrected chi connectivity index (χ2v) is 5.07. The fourth-order valence-electron chi connectivity index (χ4n) is 2.51. The molecule has 0 bridgehead atoms. The molecule has 1 atom stereocenters. The zero-order valence-corrected chi connectivity index (χ0v) is 9.38. The highest BCUT2D eigenvalue weighted by molar-refractivity contribution is 4.91. The molecule has 0 aromatic rings. The van der Waals surface area contributed by atoms with Crippen LogP contribution in [0.5, 0.6) is 0 Å². The zero-order valence-electron chi connectivity index (χ0n) is 9.38. The topological polar surface area (TPSA) is 24.5 Å². The second-order valence-electron chi connectivity index (χ2n) is 5.07. The summed E-state index contributed by atoms with van der Waals surface area (Å²) in [5, 5.41) is 3.80. The Bertz CT molecular complexity index is 190. The summed E-state index contributed by atoms with van der Waals surface area (Å²) < 4.78 is 5.40. The van der Waals surface area contributed by atoms with Gasteiger partial charge in [-0.05, 0) is 39.8 Å². The van der Waals surface area contributed by atoms with Gasteiger partial charge in [-0.1, -0.05) is 0 Å². The maximum atomic E-state index is 5.40. The highest BCUT2D eigenvalue weighted by atomic mass is 16.5. The molecule has 14 heavy (non-hydrogen) atoms. The molecule has 0 saturated carbocycles. The Kier molecular flexibility index (Phi) is 3.10. The van der Waals surface area contributed by atoms with E-state index in [9.17, 15) is 0 Å². The van der Waals surface area contributed by atoms with Crippen molar-refractivity contribution >= 4 is 0 Å². The van der Waals surface area contributed by atoms with Crippen molar-refractivity contribution in [3.63, 3.8) is 0 Å². The number of hydrogen-bond acceptors (Lipinski definition) is 3. The summed E-state index contributed by atoms with van der Waals surface area (Å²) in [5.41, 5.74) is 0.327. The molecule has 0 spiro atoms. The molecule has 0 unspecified atom stereocenters. The number of nitrogens with zero attached hydrogens (tertiary/aromatic N) is 1. The van der Waals surface area contributed by atoms with Gasteiger partial charge in [0.05, 0.1) is 0 Å². The highest BCUT2D eigenvalue weighted by Gasteiger charge is 2.31.